The highest BCUT2D eigenvalue weighted by molar-refractivity contribution is 5.73. The molecule has 0 saturated carbocycles. The number of carbonyl (C=O) groups is 1. The fourth-order valence-electron chi connectivity index (χ4n) is 1.43. The third kappa shape index (κ3) is 1.93. The average Bonchev–Trinajstić information content (AvgIpc) is 2.10. The van der Waals surface area contributed by atoms with Crippen LogP contribution in [-0.2, 0) is 4.79 Å². The van der Waals surface area contributed by atoms with E-state index in [-0.39, 0.29) is 11.3 Å². The van der Waals surface area contributed by atoms with Crippen LogP contribution in [0.1, 0.15) is 20.8 Å². The van der Waals surface area contributed by atoms with Gasteiger partial charge in [-0.25, -0.2) is 0 Å². The van der Waals surface area contributed by atoms with Gasteiger partial charge in [0.25, 0.3) is 0 Å². The first-order chi connectivity index (χ1) is 5.02. The lowest BCUT2D eigenvalue weighted by molar-refractivity contribution is -0.120. The molecule has 64 valence electrons. The third-order valence-electron chi connectivity index (χ3n) is 2.25. The van der Waals surface area contributed by atoms with Gasteiger partial charge in [0.05, 0.1) is 0 Å². The Balaban J connectivity index is 2.51. The van der Waals surface area contributed by atoms with Crippen molar-refractivity contribution in [2.24, 2.45) is 5.41 Å². The molecule has 1 atom stereocenters. The van der Waals surface area contributed by atoms with Crippen LogP contribution in [0.4, 0.5) is 0 Å². The molecule has 0 aromatic rings. The second-order valence-corrected chi connectivity index (χ2v) is 3.87. The summed E-state index contributed by atoms with van der Waals surface area (Å²) >= 11 is 0. The second kappa shape index (κ2) is 2.81. The van der Waals surface area contributed by atoms with Crippen molar-refractivity contribution >= 4 is 5.91 Å². The van der Waals surface area contributed by atoms with Gasteiger partial charge in [0.15, 0.2) is 0 Å². The van der Waals surface area contributed by atoms with Gasteiger partial charge in [-0.3, -0.25) is 4.79 Å². The summed E-state index contributed by atoms with van der Waals surface area (Å²) in [4.78, 5) is 10.7. The van der Waals surface area contributed by atoms with Gasteiger partial charge in [-0.15, -0.1) is 0 Å². The first-order valence-corrected chi connectivity index (χ1v) is 4.00. The van der Waals surface area contributed by atoms with Crippen molar-refractivity contribution in [2.45, 2.75) is 26.8 Å². The van der Waals surface area contributed by atoms with Gasteiger partial charge in [0.2, 0.25) is 5.91 Å². The Morgan fingerprint density at radius 1 is 1.64 bits per heavy atom. The van der Waals surface area contributed by atoms with Gasteiger partial charge in [-0.1, -0.05) is 13.8 Å². The second-order valence-electron chi connectivity index (χ2n) is 3.87. The quantitative estimate of drug-likeness (QED) is 0.566. The van der Waals surface area contributed by atoms with Gasteiger partial charge in [-0.05, 0) is 5.41 Å². The van der Waals surface area contributed by atoms with Crippen LogP contribution in [0.25, 0.3) is 0 Å². The first kappa shape index (κ1) is 8.53. The molecular formula is C8H16N2O. The Morgan fingerprint density at radius 2 is 2.27 bits per heavy atom. The van der Waals surface area contributed by atoms with E-state index in [1.807, 2.05) is 0 Å². The van der Waals surface area contributed by atoms with Crippen molar-refractivity contribution in [1.82, 2.24) is 10.6 Å². The standard InChI is InChI=1S/C8H16N2O/c1-6(11)10-7-4-9-5-8(7,2)3/h7,9H,4-5H2,1-3H3,(H,10,11). The normalized spacial score (nSPS) is 28.5. The molecule has 0 spiro atoms. The topological polar surface area (TPSA) is 41.1 Å². The Labute approximate surface area is 67.5 Å². The molecule has 1 fully saturated rings. The maximum atomic E-state index is 10.7. The predicted octanol–water partition coefficient (Wildman–Crippen LogP) is 0.120. The molecule has 3 nitrogen and oxygen atoms in total. The van der Waals surface area contributed by atoms with Crippen LogP contribution in [0.5, 0.6) is 0 Å². The summed E-state index contributed by atoms with van der Waals surface area (Å²) < 4.78 is 0. The molecule has 11 heavy (non-hydrogen) atoms. The molecule has 1 unspecified atom stereocenters. The highest BCUT2D eigenvalue weighted by Gasteiger charge is 2.34. The van der Waals surface area contributed by atoms with E-state index in [0.29, 0.717) is 6.04 Å². The fourth-order valence-corrected chi connectivity index (χ4v) is 1.43. The van der Waals surface area contributed by atoms with Gasteiger partial charge in [0, 0.05) is 26.1 Å². The van der Waals surface area contributed by atoms with Crippen LogP contribution in [0.3, 0.4) is 0 Å². The molecule has 0 aromatic heterocycles. The van der Waals surface area contributed by atoms with Gasteiger partial charge in [0.1, 0.15) is 0 Å². The highest BCUT2D eigenvalue weighted by atomic mass is 16.1. The van der Waals surface area contributed by atoms with E-state index in [9.17, 15) is 4.79 Å². The molecule has 0 aromatic carbocycles. The molecule has 2 N–H and O–H groups in total. The Kier molecular flexibility index (Phi) is 2.18. The molecule has 1 rings (SSSR count). The Bertz CT molecular complexity index is 165. The maximum absolute atomic E-state index is 10.7. The molecule has 1 aliphatic rings. The van der Waals surface area contributed by atoms with E-state index in [1.165, 1.54) is 0 Å². The minimum absolute atomic E-state index is 0.0618. The van der Waals surface area contributed by atoms with Crippen molar-refractivity contribution < 1.29 is 4.79 Å². The van der Waals surface area contributed by atoms with E-state index in [1.54, 1.807) is 6.92 Å². The Morgan fingerprint density at radius 3 is 2.64 bits per heavy atom. The van der Waals surface area contributed by atoms with Crippen LogP contribution in [0, 0.1) is 5.41 Å². The van der Waals surface area contributed by atoms with Crippen LogP contribution >= 0.6 is 0 Å². The number of hydrogen-bond acceptors (Lipinski definition) is 2. The molecule has 1 aliphatic heterocycles. The lowest BCUT2D eigenvalue weighted by Crippen LogP contribution is -2.43. The van der Waals surface area contributed by atoms with E-state index < -0.39 is 0 Å². The largest absolute Gasteiger partial charge is 0.352 e. The zero-order chi connectivity index (χ0) is 8.48. The molecule has 0 aliphatic carbocycles. The molecule has 0 bridgehead atoms. The summed E-state index contributed by atoms with van der Waals surface area (Å²) in [6.45, 7) is 7.76. The van der Waals surface area contributed by atoms with E-state index in [4.69, 9.17) is 0 Å². The number of carbonyl (C=O) groups excluding carboxylic acids is 1. The van der Waals surface area contributed by atoms with E-state index in [0.717, 1.165) is 13.1 Å². The lowest BCUT2D eigenvalue weighted by Gasteiger charge is -2.25. The minimum atomic E-state index is 0.0618. The number of nitrogens with one attached hydrogen (secondary N) is 2. The summed E-state index contributed by atoms with van der Waals surface area (Å²) in [5.74, 6) is 0.0618. The average molecular weight is 156 g/mol. The van der Waals surface area contributed by atoms with Gasteiger partial charge in [-0.2, -0.15) is 0 Å². The van der Waals surface area contributed by atoms with Gasteiger partial charge >= 0.3 is 0 Å². The van der Waals surface area contributed by atoms with Gasteiger partial charge < -0.3 is 10.6 Å². The van der Waals surface area contributed by atoms with E-state index >= 15 is 0 Å². The third-order valence-corrected chi connectivity index (χ3v) is 2.25. The van der Waals surface area contributed by atoms with Crippen LogP contribution in [-0.4, -0.2) is 25.0 Å². The van der Waals surface area contributed by atoms with Crippen molar-refractivity contribution in [2.75, 3.05) is 13.1 Å². The molecule has 1 amide bonds. The molecule has 1 saturated heterocycles. The number of rotatable bonds is 1. The van der Waals surface area contributed by atoms with Crippen LogP contribution in [0.15, 0.2) is 0 Å². The van der Waals surface area contributed by atoms with Crippen LogP contribution < -0.4 is 10.6 Å². The zero-order valence-corrected chi connectivity index (χ0v) is 7.40. The Hall–Kier alpha value is -0.570. The molecule has 0 radical (unpaired) electrons. The smallest absolute Gasteiger partial charge is 0.217 e. The van der Waals surface area contributed by atoms with Crippen molar-refractivity contribution in [1.29, 1.82) is 0 Å². The minimum Gasteiger partial charge on any atom is -0.352 e. The lowest BCUT2D eigenvalue weighted by atomic mass is 9.88. The summed E-state index contributed by atoms with van der Waals surface area (Å²) in [5, 5.41) is 6.18. The summed E-state index contributed by atoms with van der Waals surface area (Å²) in [7, 11) is 0. The zero-order valence-electron chi connectivity index (χ0n) is 7.40. The monoisotopic (exact) mass is 156 g/mol. The summed E-state index contributed by atoms with van der Waals surface area (Å²) in [6.07, 6.45) is 0. The van der Waals surface area contributed by atoms with Crippen molar-refractivity contribution in [3.8, 4) is 0 Å². The van der Waals surface area contributed by atoms with Crippen LogP contribution in [0.2, 0.25) is 0 Å². The fraction of sp³-hybridized carbons (Fsp3) is 0.875. The van der Waals surface area contributed by atoms with Crippen molar-refractivity contribution in [3.63, 3.8) is 0 Å². The summed E-state index contributed by atoms with van der Waals surface area (Å²) in [5.41, 5.74) is 0.200. The van der Waals surface area contributed by atoms with E-state index in [2.05, 4.69) is 24.5 Å². The molecule has 3 heteroatoms. The first-order valence-electron chi connectivity index (χ1n) is 4.00. The molecule has 1 heterocycles. The SMILES string of the molecule is CC(=O)NC1CNCC1(C)C. The number of amides is 1. The summed E-state index contributed by atoms with van der Waals surface area (Å²) in [6, 6.07) is 0.292. The predicted molar refractivity (Wildman–Crippen MR) is 44.3 cm³/mol. The maximum Gasteiger partial charge on any atom is 0.217 e. The number of hydrogen-bond donors (Lipinski definition) is 2. The molecular weight excluding hydrogens is 140 g/mol. The highest BCUT2D eigenvalue weighted by Crippen LogP contribution is 2.23. The van der Waals surface area contributed by atoms with Crippen molar-refractivity contribution in [3.05, 3.63) is 0 Å².